The summed E-state index contributed by atoms with van der Waals surface area (Å²) in [6.07, 6.45) is 2.96. The molecule has 0 amide bonds. The van der Waals surface area contributed by atoms with Crippen molar-refractivity contribution in [2.24, 2.45) is 17.3 Å². The first-order valence-electron chi connectivity index (χ1n) is 4.00. The number of anilines is 1. The van der Waals surface area contributed by atoms with Crippen LogP contribution in [0, 0.1) is 0 Å². The van der Waals surface area contributed by atoms with E-state index in [1.165, 1.54) is 11.2 Å². The number of rotatable bonds is 3. The molecule has 1 aromatic rings. The van der Waals surface area contributed by atoms with Crippen LogP contribution in [0.2, 0.25) is 0 Å². The summed E-state index contributed by atoms with van der Waals surface area (Å²) in [5, 5.41) is 1.45. The van der Waals surface area contributed by atoms with Crippen molar-refractivity contribution in [1.82, 2.24) is 0 Å². The Kier molecular flexibility index (Phi) is 3.31. The van der Waals surface area contributed by atoms with Crippen LogP contribution in [0.5, 0.6) is 0 Å². The van der Waals surface area contributed by atoms with Gasteiger partial charge in [-0.1, -0.05) is 18.2 Å². The van der Waals surface area contributed by atoms with E-state index in [1.807, 2.05) is 24.3 Å². The monoisotopic (exact) mass is 178 g/mol. The summed E-state index contributed by atoms with van der Waals surface area (Å²) in [7, 11) is 0. The molecule has 4 heteroatoms. The molecule has 0 saturated heterocycles. The Morgan fingerprint density at radius 3 is 2.62 bits per heavy atom. The van der Waals surface area contributed by atoms with Crippen LogP contribution in [-0.4, -0.2) is 0 Å². The van der Waals surface area contributed by atoms with Gasteiger partial charge in [0.1, 0.15) is 0 Å². The minimum Gasteiger partial charge on any atom is -0.403 e. The smallest absolute Gasteiger partial charge is 0.0613 e. The number of benzene rings is 1. The van der Waals surface area contributed by atoms with Crippen LogP contribution in [-0.2, 0) is 6.54 Å². The standard InChI is InChI=1S/C9H14N4/c10-5-6-13(12)9-4-2-1-3-8(9)7-11/h1-6H,7,10-12H2/b6-5-. The Labute approximate surface area is 77.6 Å². The molecule has 1 aromatic carbocycles. The highest BCUT2D eigenvalue weighted by Gasteiger charge is 2.02. The van der Waals surface area contributed by atoms with E-state index in [9.17, 15) is 0 Å². The molecule has 1 rings (SSSR count). The molecule has 4 nitrogen and oxygen atoms in total. The van der Waals surface area contributed by atoms with E-state index >= 15 is 0 Å². The molecule has 6 N–H and O–H groups in total. The largest absolute Gasteiger partial charge is 0.403 e. The lowest BCUT2D eigenvalue weighted by Crippen LogP contribution is -2.26. The molecule has 0 spiro atoms. The summed E-state index contributed by atoms with van der Waals surface area (Å²) in [4.78, 5) is 0. The summed E-state index contributed by atoms with van der Waals surface area (Å²) in [5.74, 6) is 5.69. The zero-order valence-electron chi connectivity index (χ0n) is 7.35. The fraction of sp³-hybridized carbons (Fsp3) is 0.111. The number of nitrogens with two attached hydrogens (primary N) is 3. The van der Waals surface area contributed by atoms with E-state index in [0.29, 0.717) is 6.54 Å². The van der Waals surface area contributed by atoms with Gasteiger partial charge in [-0.15, -0.1) is 0 Å². The molecule has 0 aliphatic rings. The molecule has 0 fully saturated rings. The van der Waals surface area contributed by atoms with Gasteiger partial charge in [0, 0.05) is 18.9 Å². The molecular weight excluding hydrogens is 164 g/mol. The van der Waals surface area contributed by atoms with Crippen LogP contribution in [0.3, 0.4) is 0 Å². The van der Waals surface area contributed by atoms with E-state index in [-0.39, 0.29) is 0 Å². The van der Waals surface area contributed by atoms with E-state index < -0.39 is 0 Å². The number of hydrogen-bond acceptors (Lipinski definition) is 4. The van der Waals surface area contributed by atoms with E-state index in [1.54, 1.807) is 6.20 Å². The van der Waals surface area contributed by atoms with Crippen molar-refractivity contribution >= 4 is 5.69 Å². The molecule has 13 heavy (non-hydrogen) atoms. The molecule has 0 heterocycles. The van der Waals surface area contributed by atoms with Crippen LogP contribution >= 0.6 is 0 Å². The summed E-state index contributed by atoms with van der Waals surface area (Å²) in [6.45, 7) is 0.461. The second kappa shape index (κ2) is 4.49. The fourth-order valence-corrected chi connectivity index (χ4v) is 1.11. The predicted octanol–water partition coefficient (Wildman–Crippen LogP) is 0.255. The highest BCUT2D eigenvalue weighted by atomic mass is 15.4. The number of hydrogen-bond donors (Lipinski definition) is 3. The van der Waals surface area contributed by atoms with Crippen molar-refractivity contribution in [2.45, 2.75) is 6.54 Å². The maximum atomic E-state index is 5.69. The summed E-state index contributed by atoms with van der Waals surface area (Å²) >= 11 is 0. The lowest BCUT2D eigenvalue weighted by atomic mass is 10.2. The maximum absolute atomic E-state index is 5.69. The minimum atomic E-state index is 0.461. The van der Waals surface area contributed by atoms with Crippen molar-refractivity contribution in [2.75, 3.05) is 5.01 Å². The van der Waals surface area contributed by atoms with Crippen molar-refractivity contribution in [3.63, 3.8) is 0 Å². The quantitative estimate of drug-likeness (QED) is 0.458. The molecule has 0 saturated carbocycles. The average Bonchev–Trinajstić information content (AvgIpc) is 2.18. The average molecular weight is 178 g/mol. The summed E-state index contributed by atoms with van der Waals surface area (Å²) in [6, 6.07) is 7.64. The summed E-state index contributed by atoms with van der Waals surface area (Å²) in [5.41, 5.74) is 12.6. The molecular formula is C9H14N4. The molecule has 0 radical (unpaired) electrons. The highest BCUT2D eigenvalue weighted by Crippen LogP contribution is 2.16. The fourth-order valence-electron chi connectivity index (χ4n) is 1.11. The third-order valence-electron chi connectivity index (χ3n) is 1.74. The zero-order valence-corrected chi connectivity index (χ0v) is 7.35. The Morgan fingerprint density at radius 2 is 2.00 bits per heavy atom. The van der Waals surface area contributed by atoms with Gasteiger partial charge in [-0.3, -0.25) is 5.01 Å². The van der Waals surface area contributed by atoms with Gasteiger partial charge in [0.05, 0.1) is 5.69 Å². The molecule has 70 valence electrons. The Bertz CT molecular complexity index is 295. The normalized spacial score (nSPS) is 10.6. The number of nitrogens with zero attached hydrogens (tertiary/aromatic N) is 1. The van der Waals surface area contributed by atoms with Crippen LogP contribution in [0.1, 0.15) is 5.56 Å². The van der Waals surface area contributed by atoms with Gasteiger partial charge in [-0.2, -0.15) is 0 Å². The molecule has 0 aliphatic carbocycles. The topological polar surface area (TPSA) is 81.3 Å². The van der Waals surface area contributed by atoms with E-state index in [2.05, 4.69) is 0 Å². The van der Waals surface area contributed by atoms with Gasteiger partial charge in [-0.05, 0) is 11.6 Å². The first-order valence-corrected chi connectivity index (χ1v) is 4.00. The van der Waals surface area contributed by atoms with Crippen molar-refractivity contribution in [3.8, 4) is 0 Å². The van der Waals surface area contributed by atoms with Crippen molar-refractivity contribution < 1.29 is 0 Å². The van der Waals surface area contributed by atoms with Gasteiger partial charge in [0.2, 0.25) is 0 Å². The van der Waals surface area contributed by atoms with Crippen LogP contribution in [0.15, 0.2) is 36.7 Å². The van der Waals surface area contributed by atoms with Crippen LogP contribution in [0.4, 0.5) is 5.69 Å². The first-order chi connectivity index (χ1) is 6.29. The van der Waals surface area contributed by atoms with Gasteiger partial charge in [0.25, 0.3) is 0 Å². The molecule has 0 bridgehead atoms. The molecule has 0 atom stereocenters. The van der Waals surface area contributed by atoms with Crippen molar-refractivity contribution in [1.29, 1.82) is 0 Å². The number of para-hydroxylation sites is 1. The molecule has 0 unspecified atom stereocenters. The molecule has 0 aliphatic heterocycles. The highest BCUT2D eigenvalue weighted by molar-refractivity contribution is 5.54. The zero-order chi connectivity index (χ0) is 9.68. The second-order valence-corrected chi connectivity index (χ2v) is 2.58. The van der Waals surface area contributed by atoms with Gasteiger partial charge in [0.15, 0.2) is 0 Å². The predicted molar refractivity (Wildman–Crippen MR) is 54.3 cm³/mol. The Balaban J connectivity index is 2.98. The van der Waals surface area contributed by atoms with Crippen molar-refractivity contribution in [3.05, 3.63) is 42.2 Å². The van der Waals surface area contributed by atoms with E-state index in [4.69, 9.17) is 17.3 Å². The maximum Gasteiger partial charge on any atom is 0.0613 e. The lowest BCUT2D eigenvalue weighted by molar-refractivity contribution is 1.01. The van der Waals surface area contributed by atoms with Gasteiger partial charge < -0.3 is 11.5 Å². The number of hydrazine groups is 1. The Hall–Kier alpha value is -1.52. The van der Waals surface area contributed by atoms with Crippen LogP contribution < -0.4 is 22.3 Å². The minimum absolute atomic E-state index is 0.461. The second-order valence-electron chi connectivity index (χ2n) is 2.58. The van der Waals surface area contributed by atoms with Crippen LogP contribution in [0.25, 0.3) is 0 Å². The summed E-state index contributed by atoms with van der Waals surface area (Å²) < 4.78 is 0. The SMILES string of the molecule is N/C=C\N(N)c1ccccc1CN. The van der Waals surface area contributed by atoms with E-state index in [0.717, 1.165) is 11.3 Å². The first kappa shape index (κ1) is 9.57. The third kappa shape index (κ3) is 2.21. The Morgan fingerprint density at radius 1 is 1.31 bits per heavy atom. The molecule has 0 aromatic heterocycles. The lowest BCUT2D eigenvalue weighted by Gasteiger charge is -2.16. The van der Waals surface area contributed by atoms with Gasteiger partial charge >= 0.3 is 0 Å². The third-order valence-corrected chi connectivity index (χ3v) is 1.74. The van der Waals surface area contributed by atoms with Gasteiger partial charge in [-0.25, -0.2) is 5.84 Å².